The molecule has 1 atom stereocenters. The van der Waals surface area contributed by atoms with Gasteiger partial charge in [-0.25, -0.2) is 0 Å². The molecule has 0 spiro atoms. The molecule has 2 N–H and O–H groups in total. The minimum absolute atomic E-state index is 0.308. The van der Waals surface area contributed by atoms with Crippen molar-refractivity contribution in [1.29, 1.82) is 0 Å². The van der Waals surface area contributed by atoms with Gasteiger partial charge in [0.05, 0.1) is 19.0 Å². The first kappa shape index (κ1) is 22.8. The highest BCUT2D eigenvalue weighted by molar-refractivity contribution is 6.61. The summed E-state index contributed by atoms with van der Waals surface area (Å²) >= 11 is 0. The Kier molecular flexibility index (Phi) is 6.91. The van der Waals surface area contributed by atoms with E-state index >= 15 is 0 Å². The van der Waals surface area contributed by atoms with Crippen LogP contribution in [0.5, 0.6) is 5.75 Å². The van der Waals surface area contributed by atoms with Gasteiger partial charge in [0.25, 0.3) is 11.9 Å². The van der Waals surface area contributed by atoms with Gasteiger partial charge in [0, 0.05) is 37.2 Å². The number of benzene rings is 2. The van der Waals surface area contributed by atoms with Gasteiger partial charge in [-0.05, 0) is 49.9 Å². The van der Waals surface area contributed by atoms with Crippen molar-refractivity contribution >= 4 is 18.3 Å². The van der Waals surface area contributed by atoms with Crippen molar-refractivity contribution in [3.63, 3.8) is 0 Å². The largest absolute Gasteiger partial charge is 0.636 e. The molecule has 0 unspecified atom stereocenters. The SMILES string of the molecule is Cc1cccc(C)c1N1CCC[C@H](COc2ccc(B3OC(O)=CN(C)/C=C(/O)O3)cc2)C1. The van der Waals surface area contributed by atoms with Crippen LogP contribution in [0.2, 0.25) is 0 Å². The number of ether oxygens (including phenoxy) is 1. The monoisotopic (exact) mass is 450 g/mol. The minimum atomic E-state index is -0.968. The highest BCUT2D eigenvalue weighted by Crippen LogP contribution is 2.29. The lowest BCUT2D eigenvalue weighted by Gasteiger charge is -2.36. The fraction of sp³-hybridized carbons (Fsp3) is 0.360. The molecule has 7 nitrogen and oxygen atoms in total. The second-order valence-electron chi connectivity index (χ2n) is 8.74. The fourth-order valence-corrected chi connectivity index (χ4v) is 4.47. The Bertz CT molecular complexity index is 982. The summed E-state index contributed by atoms with van der Waals surface area (Å²) in [6.07, 6.45) is 4.99. The molecule has 2 aliphatic heterocycles. The molecule has 0 aliphatic carbocycles. The second kappa shape index (κ2) is 10.0. The first-order valence-corrected chi connectivity index (χ1v) is 11.3. The summed E-state index contributed by atoms with van der Waals surface area (Å²) in [5.41, 5.74) is 4.63. The van der Waals surface area contributed by atoms with Crippen molar-refractivity contribution in [2.75, 3.05) is 31.6 Å². The molecule has 1 fully saturated rings. The van der Waals surface area contributed by atoms with E-state index in [1.807, 2.05) is 12.1 Å². The molecule has 2 aromatic rings. The smallest absolute Gasteiger partial charge is 0.494 e. The predicted octanol–water partition coefficient (Wildman–Crippen LogP) is 3.99. The molecule has 0 bridgehead atoms. The van der Waals surface area contributed by atoms with E-state index < -0.39 is 7.12 Å². The van der Waals surface area contributed by atoms with Gasteiger partial charge >= 0.3 is 7.12 Å². The molecule has 174 valence electrons. The molecular formula is C25H31BN2O5. The summed E-state index contributed by atoms with van der Waals surface area (Å²) < 4.78 is 16.9. The standard InChI is InChI=1S/C25H31BN2O5/c1-18-6-4-7-19(2)25(18)28-13-5-8-20(14-28)17-31-22-11-9-21(10-12-22)26-32-23(29)15-27(3)16-24(30)33-26/h4,6-7,9-12,15-16,20,29-30H,5,8,13-14,17H2,1-3H3/b23-15-,24-16?/t20-/m0/s1. The van der Waals surface area contributed by atoms with Crippen molar-refractivity contribution in [3.05, 3.63) is 77.9 Å². The van der Waals surface area contributed by atoms with E-state index in [1.165, 1.54) is 34.1 Å². The van der Waals surface area contributed by atoms with Crippen molar-refractivity contribution in [3.8, 4) is 5.75 Å². The number of aryl methyl sites for hydroxylation is 2. The minimum Gasteiger partial charge on any atom is -0.494 e. The molecule has 0 saturated carbocycles. The Labute approximate surface area is 195 Å². The van der Waals surface area contributed by atoms with Gasteiger partial charge in [0.15, 0.2) is 0 Å². The van der Waals surface area contributed by atoms with E-state index in [0.29, 0.717) is 18.0 Å². The average Bonchev–Trinajstić information content (AvgIpc) is 2.77. The number of para-hydroxylation sites is 1. The lowest BCUT2D eigenvalue weighted by atomic mass is 9.79. The van der Waals surface area contributed by atoms with E-state index in [0.717, 1.165) is 31.7 Å². The van der Waals surface area contributed by atoms with Gasteiger partial charge in [-0.1, -0.05) is 30.3 Å². The molecule has 2 aromatic carbocycles. The van der Waals surface area contributed by atoms with Crippen LogP contribution in [-0.2, 0) is 9.31 Å². The quantitative estimate of drug-likeness (QED) is 0.668. The van der Waals surface area contributed by atoms with Gasteiger partial charge in [0.2, 0.25) is 0 Å². The van der Waals surface area contributed by atoms with Crippen molar-refractivity contribution in [1.82, 2.24) is 4.90 Å². The summed E-state index contributed by atoms with van der Waals surface area (Å²) in [6, 6.07) is 13.8. The maximum absolute atomic E-state index is 9.90. The molecular weight excluding hydrogens is 419 g/mol. The topological polar surface area (TPSA) is 74.6 Å². The van der Waals surface area contributed by atoms with Gasteiger partial charge < -0.3 is 34.1 Å². The lowest BCUT2D eigenvalue weighted by molar-refractivity contribution is 0.124. The van der Waals surface area contributed by atoms with E-state index in [4.69, 9.17) is 14.0 Å². The molecule has 0 amide bonds. The molecule has 1 saturated heterocycles. The van der Waals surface area contributed by atoms with Crippen LogP contribution >= 0.6 is 0 Å². The number of aliphatic hydroxyl groups excluding tert-OH is 2. The molecule has 4 rings (SSSR count). The van der Waals surface area contributed by atoms with Crippen molar-refractivity contribution in [2.24, 2.45) is 5.92 Å². The third-order valence-corrected chi connectivity index (χ3v) is 6.00. The second-order valence-corrected chi connectivity index (χ2v) is 8.74. The first-order valence-electron chi connectivity index (χ1n) is 11.3. The van der Waals surface area contributed by atoms with Gasteiger partial charge in [-0.2, -0.15) is 0 Å². The molecule has 2 aliphatic rings. The van der Waals surface area contributed by atoms with Crippen LogP contribution in [-0.4, -0.2) is 49.0 Å². The van der Waals surface area contributed by atoms with Crippen LogP contribution in [0.3, 0.4) is 0 Å². The number of hydrogen-bond acceptors (Lipinski definition) is 7. The molecule has 8 heteroatoms. The summed E-state index contributed by atoms with van der Waals surface area (Å²) in [7, 11) is 0.670. The Morgan fingerprint density at radius 3 is 2.27 bits per heavy atom. The Morgan fingerprint density at radius 2 is 1.64 bits per heavy atom. The number of aliphatic hydroxyl groups is 2. The first-order chi connectivity index (χ1) is 15.9. The van der Waals surface area contributed by atoms with E-state index in [-0.39, 0.29) is 11.9 Å². The van der Waals surface area contributed by atoms with Crippen LogP contribution in [0, 0.1) is 19.8 Å². The molecule has 33 heavy (non-hydrogen) atoms. The molecule has 2 heterocycles. The van der Waals surface area contributed by atoms with Crippen molar-refractivity contribution in [2.45, 2.75) is 26.7 Å². The fourth-order valence-electron chi connectivity index (χ4n) is 4.47. The van der Waals surface area contributed by atoms with Gasteiger partial charge in [0.1, 0.15) is 5.75 Å². The maximum Gasteiger partial charge on any atom is 0.636 e. The van der Waals surface area contributed by atoms with Crippen LogP contribution in [0.15, 0.2) is 66.8 Å². The highest BCUT2D eigenvalue weighted by atomic mass is 16.7. The zero-order valence-electron chi connectivity index (χ0n) is 19.4. The lowest BCUT2D eigenvalue weighted by Crippen LogP contribution is -2.38. The number of nitrogens with zero attached hydrogens (tertiary/aromatic N) is 2. The third-order valence-electron chi connectivity index (χ3n) is 6.00. The van der Waals surface area contributed by atoms with Gasteiger partial charge in [-0.15, -0.1) is 0 Å². The summed E-state index contributed by atoms with van der Waals surface area (Å²) in [6.45, 7) is 7.07. The van der Waals surface area contributed by atoms with Crippen LogP contribution in [0.4, 0.5) is 5.69 Å². The molecule has 0 radical (unpaired) electrons. The van der Waals surface area contributed by atoms with Crippen LogP contribution in [0.1, 0.15) is 24.0 Å². The zero-order chi connectivity index (χ0) is 23.4. The maximum atomic E-state index is 9.90. The summed E-state index contributed by atoms with van der Waals surface area (Å²) in [4.78, 5) is 3.93. The number of rotatable bonds is 5. The normalized spacial score (nSPS) is 20.6. The predicted molar refractivity (Wildman–Crippen MR) is 130 cm³/mol. The van der Waals surface area contributed by atoms with Crippen LogP contribution < -0.4 is 15.1 Å². The Hall–Kier alpha value is -3.42. The van der Waals surface area contributed by atoms with Gasteiger partial charge in [-0.3, -0.25) is 0 Å². The Morgan fingerprint density at radius 1 is 1.00 bits per heavy atom. The summed E-state index contributed by atoms with van der Waals surface area (Å²) in [5, 5.41) is 19.8. The van der Waals surface area contributed by atoms with Crippen LogP contribution in [0.25, 0.3) is 0 Å². The van der Waals surface area contributed by atoms with E-state index in [2.05, 4.69) is 36.9 Å². The highest BCUT2D eigenvalue weighted by Gasteiger charge is 2.30. The number of hydrogen-bond donors (Lipinski definition) is 2. The van der Waals surface area contributed by atoms with Crippen molar-refractivity contribution < 1.29 is 24.3 Å². The van der Waals surface area contributed by atoms with E-state index in [9.17, 15) is 10.2 Å². The zero-order valence-corrected chi connectivity index (χ0v) is 19.4. The van der Waals surface area contributed by atoms with E-state index in [1.54, 1.807) is 19.2 Å². The third kappa shape index (κ3) is 5.69. The number of piperidine rings is 1. The average molecular weight is 450 g/mol. The molecule has 0 aromatic heterocycles. The summed E-state index contributed by atoms with van der Waals surface area (Å²) in [5.74, 6) is 0.596. The number of anilines is 1. The Balaban J connectivity index is 1.36.